The second-order valence-electron chi connectivity index (χ2n) is 21.3. The van der Waals surface area contributed by atoms with E-state index in [2.05, 4.69) is 46.5 Å². The second kappa shape index (κ2) is 15.1. The predicted octanol–water partition coefficient (Wildman–Crippen LogP) is 10.9. The lowest BCUT2D eigenvalue weighted by Crippen LogP contribution is -2.69. The van der Waals surface area contributed by atoms with Gasteiger partial charge in [-0.3, -0.25) is 14.4 Å². The van der Waals surface area contributed by atoms with Gasteiger partial charge >= 0.3 is 18.0 Å². The highest BCUT2D eigenvalue weighted by Gasteiger charge is 2.72. The first-order chi connectivity index (χ1) is 27.7. The molecule has 0 aromatic heterocycles. The molecule has 1 N–H and O–H groups in total. The molecule has 8 heteroatoms. The minimum atomic E-state index is -1.10. The second-order valence-corrected chi connectivity index (χ2v) is 21.3. The molecule has 5 aliphatic rings. The normalized spacial score (nSPS) is 37.7. The molecule has 0 radical (unpaired) electrons. The number of carbonyl (C=O) groups excluding carboxylic acids is 4. The number of ketones is 1. The van der Waals surface area contributed by atoms with Crippen molar-refractivity contribution in [2.45, 2.75) is 138 Å². The molecule has 318 valence electrons. The molecule has 8 nitrogen and oxygen atoms in total. The van der Waals surface area contributed by atoms with E-state index in [0.29, 0.717) is 25.7 Å². The molecular formula is C51H67NO7. The fraction of sp³-hybridized carbons (Fsp3) is 0.608. The topological polar surface area (TPSA) is 108 Å². The van der Waals surface area contributed by atoms with E-state index in [4.69, 9.17) is 14.2 Å². The maximum Gasteiger partial charge on any atom is 0.407 e. The molecular weight excluding hydrogens is 739 g/mol. The van der Waals surface area contributed by atoms with Gasteiger partial charge in [0.1, 0.15) is 12.2 Å². The van der Waals surface area contributed by atoms with Gasteiger partial charge in [-0.25, -0.2) is 4.79 Å². The molecule has 4 saturated carbocycles. The lowest BCUT2D eigenvalue weighted by molar-refractivity contribution is -0.203. The molecule has 2 aromatic rings. The van der Waals surface area contributed by atoms with Crippen molar-refractivity contribution in [3.8, 4) is 0 Å². The summed E-state index contributed by atoms with van der Waals surface area (Å²) in [5.74, 6) is -0.973. The van der Waals surface area contributed by atoms with Crippen LogP contribution >= 0.6 is 0 Å². The van der Waals surface area contributed by atoms with E-state index in [-0.39, 0.29) is 52.9 Å². The van der Waals surface area contributed by atoms with Crippen molar-refractivity contribution >= 4 is 23.8 Å². The Hall–Kier alpha value is -4.20. The Balaban J connectivity index is 1.22. The maximum absolute atomic E-state index is 15.2. The van der Waals surface area contributed by atoms with Crippen molar-refractivity contribution in [3.63, 3.8) is 0 Å². The Kier molecular flexibility index (Phi) is 11.0. The number of esters is 2. The van der Waals surface area contributed by atoms with Gasteiger partial charge in [-0.1, -0.05) is 107 Å². The Morgan fingerprint density at radius 3 is 2.03 bits per heavy atom. The number of alkyl carbamates (subject to hydrolysis) is 1. The molecule has 0 saturated heterocycles. The first kappa shape index (κ1) is 42.9. The summed E-state index contributed by atoms with van der Waals surface area (Å²) in [6, 6.07) is 19.4. The summed E-state index contributed by atoms with van der Waals surface area (Å²) in [4.78, 5) is 57.4. The molecule has 7 rings (SSSR count). The summed E-state index contributed by atoms with van der Waals surface area (Å²) in [7, 11) is 0. The Morgan fingerprint density at radius 2 is 1.44 bits per heavy atom. The molecule has 1 amide bonds. The van der Waals surface area contributed by atoms with Gasteiger partial charge in [-0.15, -0.1) is 0 Å². The standard InChI is InChI=1S/C51H67NO7/c1-11-30-57-43(55)51(10)38-22-25-50(9)41(48(38,7)24-23-39(51)52-44(56)59-45(2,3)4)37(53)31-35-36-32-47(6,27-26-46(36,5)28-29-49(35,50)8)42(54)58-40(33-18-14-12-15-19-33)34-20-16-13-17-21-34/h11-21,31,36,38-41H,1,22-30,32H2,2-10H3,(H,52,56)/t36-,38+,39-,41+,46+,47-,48-,49+,50+,51-/m0/s1. The maximum atomic E-state index is 15.2. The number of amides is 1. The van der Waals surface area contributed by atoms with E-state index in [1.165, 1.54) is 5.57 Å². The molecule has 5 aliphatic carbocycles. The highest BCUT2D eigenvalue weighted by molar-refractivity contribution is 5.96. The predicted molar refractivity (Wildman–Crippen MR) is 229 cm³/mol. The minimum absolute atomic E-state index is 0.0413. The number of fused-ring (bicyclic) bond motifs is 7. The SMILES string of the molecule is C=CCOC(=O)[C@]1(C)[C@@H](NC(=O)OC(C)(C)C)CC[C@@]2(C)[C@H]1CC[C@]1(C)[C@@H]2C(=O)C=C2[C@@H]3C[C@@](C)(C(=O)OC(c4ccccc4)c4ccccc4)CC[C@]3(C)CC[C@]21C. The van der Waals surface area contributed by atoms with E-state index < -0.39 is 45.5 Å². The van der Waals surface area contributed by atoms with Gasteiger partial charge in [-0.2, -0.15) is 0 Å². The van der Waals surface area contributed by atoms with Crippen LogP contribution in [0.3, 0.4) is 0 Å². The third-order valence-corrected chi connectivity index (χ3v) is 16.6. The smallest absolute Gasteiger partial charge is 0.407 e. The highest BCUT2D eigenvalue weighted by atomic mass is 16.6. The summed E-state index contributed by atoms with van der Waals surface area (Å²) < 4.78 is 18.1. The fourth-order valence-electron chi connectivity index (χ4n) is 13.1. The summed E-state index contributed by atoms with van der Waals surface area (Å²) in [6.07, 6.45) is 9.31. The third-order valence-electron chi connectivity index (χ3n) is 16.6. The number of allylic oxidation sites excluding steroid dienone is 2. The number of ether oxygens (including phenoxy) is 3. The molecule has 2 aromatic carbocycles. The average molecular weight is 806 g/mol. The molecule has 0 aliphatic heterocycles. The molecule has 59 heavy (non-hydrogen) atoms. The van der Waals surface area contributed by atoms with Crippen LogP contribution < -0.4 is 5.32 Å². The van der Waals surface area contributed by atoms with Crippen molar-refractivity contribution in [3.05, 3.63) is 96.1 Å². The Labute approximate surface area is 352 Å². The van der Waals surface area contributed by atoms with Gasteiger partial charge < -0.3 is 19.5 Å². The number of nitrogens with one attached hydrogen (secondary N) is 1. The lowest BCUT2D eigenvalue weighted by Gasteiger charge is -2.70. The van der Waals surface area contributed by atoms with Gasteiger partial charge in [0.05, 0.1) is 10.8 Å². The molecule has 0 unspecified atom stereocenters. The quantitative estimate of drug-likeness (QED) is 0.161. The zero-order valence-electron chi connectivity index (χ0n) is 37.0. The van der Waals surface area contributed by atoms with Gasteiger partial charge in [0.15, 0.2) is 11.9 Å². The van der Waals surface area contributed by atoms with Gasteiger partial charge in [-0.05, 0) is 143 Å². The van der Waals surface area contributed by atoms with E-state index >= 15 is 4.79 Å². The van der Waals surface area contributed by atoms with Crippen molar-refractivity contribution < 1.29 is 33.4 Å². The van der Waals surface area contributed by atoms with Crippen molar-refractivity contribution in [2.24, 2.45) is 50.2 Å². The van der Waals surface area contributed by atoms with Crippen LogP contribution in [0.2, 0.25) is 0 Å². The number of rotatable bonds is 8. The van der Waals surface area contributed by atoms with Crippen LogP contribution in [0.15, 0.2) is 85.0 Å². The largest absolute Gasteiger partial charge is 0.461 e. The molecule has 0 bridgehead atoms. The van der Waals surface area contributed by atoms with Gasteiger partial charge in [0.2, 0.25) is 0 Å². The zero-order chi connectivity index (χ0) is 42.8. The number of hydrogen-bond acceptors (Lipinski definition) is 7. The van der Waals surface area contributed by atoms with Crippen LogP contribution in [0.25, 0.3) is 0 Å². The third kappa shape index (κ3) is 7.08. The van der Waals surface area contributed by atoms with Crippen molar-refractivity contribution in [1.82, 2.24) is 5.32 Å². The average Bonchev–Trinajstić information content (AvgIpc) is 3.18. The monoisotopic (exact) mass is 805 g/mol. The van der Waals surface area contributed by atoms with Crippen LogP contribution in [0, 0.1) is 50.2 Å². The summed E-state index contributed by atoms with van der Waals surface area (Å²) in [6.45, 7) is 22.6. The molecule has 4 fully saturated rings. The van der Waals surface area contributed by atoms with Gasteiger partial charge in [0, 0.05) is 12.0 Å². The Bertz CT molecular complexity index is 1960. The van der Waals surface area contributed by atoms with E-state index in [1.54, 1.807) is 6.08 Å². The van der Waals surface area contributed by atoms with Crippen LogP contribution in [0.4, 0.5) is 4.79 Å². The van der Waals surface area contributed by atoms with Crippen molar-refractivity contribution in [1.29, 1.82) is 0 Å². The molecule has 0 spiro atoms. The lowest BCUT2D eigenvalue weighted by atomic mass is 9.33. The summed E-state index contributed by atoms with van der Waals surface area (Å²) in [5.41, 5.74) is -0.748. The first-order valence-electron chi connectivity index (χ1n) is 22.0. The Morgan fingerprint density at radius 1 is 0.831 bits per heavy atom. The summed E-state index contributed by atoms with van der Waals surface area (Å²) in [5, 5.41) is 3.08. The van der Waals surface area contributed by atoms with Crippen molar-refractivity contribution in [2.75, 3.05) is 6.61 Å². The fourth-order valence-corrected chi connectivity index (χ4v) is 13.1. The van der Waals surface area contributed by atoms with Crippen LogP contribution in [-0.2, 0) is 28.6 Å². The van der Waals surface area contributed by atoms with E-state index in [9.17, 15) is 14.4 Å². The van der Waals surface area contributed by atoms with Crippen LogP contribution in [0.1, 0.15) is 137 Å². The van der Waals surface area contributed by atoms with E-state index in [0.717, 1.165) is 43.2 Å². The first-order valence-corrected chi connectivity index (χ1v) is 22.0. The highest BCUT2D eigenvalue weighted by Crippen LogP contribution is 2.75. The zero-order valence-corrected chi connectivity index (χ0v) is 37.0. The number of hydrogen-bond donors (Lipinski definition) is 1. The van der Waals surface area contributed by atoms with Gasteiger partial charge in [0.25, 0.3) is 0 Å². The summed E-state index contributed by atoms with van der Waals surface area (Å²) >= 11 is 0. The molecule has 0 heterocycles. The number of benzene rings is 2. The van der Waals surface area contributed by atoms with Crippen LogP contribution in [-0.4, -0.2) is 42.1 Å². The number of carbonyl (C=O) groups is 4. The minimum Gasteiger partial charge on any atom is -0.461 e. The van der Waals surface area contributed by atoms with Crippen LogP contribution in [0.5, 0.6) is 0 Å². The van der Waals surface area contributed by atoms with E-state index in [1.807, 2.05) is 94.4 Å². The molecule has 10 atom stereocenters.